The highest BCUT2D eigenvalue weighted by Crippen LogP contribution is 2.40. The molecule has 3 heterocycles. The fourth-order valence-corrected chi connectivity index (χ4v) is 4.80. The fraction of sp³-hybridized carbons (Fsp3) is 0.143. The number of nitrogens with one attached hydrogen (secondary N) is 2. The lowest BCUT2D eigenvalue weighted by atomic mass is 10.0. The molecule has 1 saturated heterocycles. The van der Waals surface area contributed by atoms with Gasteiger partial charge in [-0.05, 0) is 54.7 Å². The van der Waals surface area contributed by atoms with Crippen LogP contribution in [0.2, 0.25) is 0 Å². The number of hydrogen-bond donors (Lipinski definition) is 3. The molecule has 1 amide bonds. The summed E-state index contributed by atoms with van der Waals surface area (Å²) in [4.78, 5) is 30.8. The summed E-state index contributed by atoms with van der Waals surface area (Å²) in [5, 5.41) is 16.3. The van der Waals surface area contributed by atoms with Gasteiger partial charge in [-0.15, -0.1) is 0 Å². The molecule has 2 aromatic carbocycles. The van der Waals surface area contributed by atoms with E-state index >= 15 is 0 Å². The Morgan fingerprint density at radius 3 is 2.51 bits per heavy atom. The normalized spacial score (nSPS) is 16.9. The molecule has 9 heteroatoms. The quantitative estimate of drug-likeness (QED) is 0.282. The predicted octanol–water partition coefficient (Wildman–Crippen LogP) is 5.04. The smallest absolute Gasteiger partial charge is 0.336 e. The van der Waals surface area contributed by atoms with E-state index in [-0.39, 0.29) is 23.9 Å². The van der Waals surface area contributed by atoms with Gasteiger partial charge < -0.3 is 25.1 Å². The van der Waals surface area contributed by atoms with Crippen LogP contribution >= 0.6 is 12.2 Å². The number of amides is 1. The van der Waals surface area contributed by atoms with Crippen LogP contribution in [-0.2, 0) is 4.79 Å². The molecule has 3 N–H and O–H groups in total. The van der Waals surface area contributed by atoms with Crippen molar-refractivity contribution in [3.8, 4) is 11.3 Å². The summed E-state index contributed by atoms with van der Waals surface area (Å²) in [5.74, 6) is -0.145. The van der Waals surface area contributed by atoms with Gasteiger partial charge in [0.2, 0.25) is 5.91 Å². The molecule has 8 nitrogen and oxygen atoms in total. The van der Waals surface area contributed by atoms with Gasteiger partial charge >= 0.3 is 5.97 Å². The third-order valence-electron chi connectivity index (χ3n) is 6.18. The Bertz CT molecular complexity index is 1420. The van der Waals surface area contributed by atoms with Crippen LogP contribution in [0.5, 0.6) is 0 Å². The molecule has 5 rings (SSSR count). The molecule has 37 heavy (non-hydrogen) atoms. The summed E-state index contributed by atoms with van der Waals surface area (Å²) < 4.78 is 6.24. The average Bonchev–Trinajstić information content (AvgIpc) is 3.53. The maximum atomic E-state index is 12.7. The van der Waals surface area contributed by atoms with Crippen LogP contribution in [0.25, 0.3) is 11.3 Å². The highest BCUT2D eigenvalue weighted by atomic mass is 32.1. The fourth-order valence-electron chi connectivity index (χ4n) is 4.46. The number of nitrogens with zero attached hydrogens (tertiary/aromatic N) is 2. The SMILES string of the molecule is O=C(CCN1C(=S)N[C@H](c2ccccn2)[C@@H]1c1ccc(-c2ccccc2C(=O)O)o1)Nc1ccccc1. The number of anilines is 1. The zero-order chi connectivity index (χ0) is 25.8. The van der Waals surface area contributed by atoms with E-state index in [1.165, 1.54) is 0 Å². The summed E-state index contributed by atoms with van der Waals surface area (Å²) in [6.45, 7) is 0.347. The van der Waals surface area contributed by atoms with E-state index in [1.54, 1.807) is 36.5 Å². The number of para-hydroxylation sites is 1. The Morgan fingerprint density at radius 2 is 1.76 bits per heavy atom. The van der Waals surface area contributed by atoms with Crippen molar-refractivity contribution in [3.05, 3.63) is 108 Å². The van der Waals surface area contributed by atoms with E-state index < -0.39 is 12.0 Å². The predicted molar refractivity (Wildman–Crippen MR) is 143 cm³/mol. The first kappa shape index (κ1) is 24.2. The number of benzene rings is 2. The molecule has 0 saturated carbocycles. The Morgan fingerprint density at radius 1 is 1.00 bits per heavy atom. The van der Waals surface area contributed by atoms with Crippen molar-refractivity contribution in [2.24, 2.45) is 0 Å². The molecular weight excluding hydrogens is 488 g/mol. The lowest BCUT2D eigenvalue weighted by Gasteiger charge is -2.25. The number of pyridine rings is 1. The molecule has 2 atom stereocenters. The van der Waals surface area contributed by atoms with E-state index in [4.69, 9.17) is 16.6 Å². The topological polar surface area (TPSA) is 108 Å². The minimum atomic E-state index is -1.03. The monoisotopic (exact) mass is 512 g/mol. The maximum absolute atomic E-state index is 12.7. The van der Waals surface area contributed by atoms with Gasteiger partial charge in [0.15, 0.2) is 5.11 Å². The minimum absolute atomic E-state index is 0.135. The van der Waals surface area contributed by atoms with Crippen molar-refractivity contribution >= 4 is 34.9 Å². The Hall–Kier alpha value is -4.50. The van der Waals surface area contributed by atoms with Crippen molar-refractivity contribution < 1.29 is 19.1 Å². The number of aromatic nitrogens is 1. The molecule has 186 valence electrons. The number of carbonyl (C=O) groups is 2. The number of furan rings is 1. The van der Waals surface area contributed by atoms with Crippen molar-refractivity contribution in [1.82, 2.24) is 15.2 Å². The second kappa shape index (κ2) is 10.6. The van der Waals surface area contributed by atoms with Gasteiger partial charge in [-0.2, -0.15) is 0 Å². The summed E-state index contributed by atoms with van der Waals surface area (Å²) in [6.07, 6.45) is 1.92. The number of carboxylic acids is 1. The Balaban J connectivity index is 1.43. The second-order valence-electron chi connectivity index (χ2n) is 8.54. The maximum Gasteiger partial charge on any atom is 0.336 e. The summed E-state index contributed by atoms with van der Waals surface area (Å²) >= 11 is 5.67. The van der Waals surface area contributed by atoms with Gasteiger partial charge in [0.25, 0.3) is 0 Å². The van der Waals surface area contributed by atoms with E-state index in [0.717, 1.165) is 11.4 Å². The van der Waals surface area contributed by atoms with E-state index in [0.29, 0.717) is 28.7 Å². The minimum Gasteiger partial charge on any atom is -0.478 e. The Labute approximate surface area is 219 Å². The van der Waals surface area contributed by atoms with Gasteiger partial charge in [0.05, 0.1) is 17.3 Å². The largest absolute Gasteiger partial charge is 0.478 e. The first-order chi connectivity index (χ1) is 18.0. The van der Waals surface area contributed by atoms with Gasteiger partial charge in [-0.3, -0.25) is 9.78 Å². The second-order valence-corrected chi connectivity index (χ2v) is 8.92. The van der Waals surface area contributed by atoms with Crippen LogP contribution in [0.3, 0.4) is 0 Å². The highest BCUT2D eigenvalue weighted by Gasteiger charge is 2.41. The number of hydrogen-bond acceptors (Lipinski definition) is 5. The van der Waals surface area contributed by atoms with E-state index in [1.807, 2.05) is 59.5 Å². The van der Waals surface area contributed by atoms with Crippen LogP contribution < -0.4 is 10.6 Å². The van der Waals surface area contributed by atoms with Crippen molar-refractivity contribution in [1.29, 1.82) is 0 Å². The van der Waals surface area contributed by atoms with Crippen LogP contribution in [0.15, 0.2) is 95.5 Å². The Kier molecular flexibility index (Phi) is 6.96. The standard InChI is InChI=1S/C28H24N4O4S/c33-24(30-18-8-2-1-3-9-18)15-17-32-26(25(31-28(32)37)21-12-6-7-16-29-21)23-14-13-22(36-23)19-10-4-5-11-20(19)27(34)35/h1-14,16,25-26H,15,17H2,(H,30,33)(H,31,37)(H,34,35)/t25-,26+/m1/s1. The number of rotatable bonds is 8. The molecular formula is C28H24N4O4S. The van der Waals surface area contributed by atoms with Crippen LogP contribution in [0, 0.1) is 0 Å². The van der Waals surface area contributed by atoms with Crippen molar-refractivity contribution in [2.45, 2.75) is 18.5 Å². The highest BCUT2D eigenvalue weighted by molar-refractivity contribution is 7.80. The lowest BCUT2D eigenvalue weighted by Crippen LogP contribution is -2.32. The van der Waals surface area contributed by atoms with Gasteiger partial charge in [0, 0.05) is 30.4 Å². The molecule has 2 aromatic heterocycles. The zero-order valence-electron chi connectivity index (χ0n) is 19.7. The van der Waals surface area contributed by atoms with Crippen LogP contribution in [0.1, 0.15) is 40.3 Å². The third kappa shape index (κ3) is 5.22. The first-order valence-corrected chi connectivity index (χ1v) is 12.2. The molecule has 4 aromatic rings. The summed E-state index contributed by atoms with van der Waals surface area (Å²) in [5.41, 5.74) is 2.14. The first-order valence-electron chi connectivity index (χ1n) is 11.8. The summed E-state index contributed by atoms with van der Waals surface area (Å²) in [7, 11) is 0. The number of thiocarbonyl (C=S) groups is 1. The van der Waals surface area contributed by atoms with Crippen LogP contribution in [0.4, 0.5) is 5.69 Å². The number of carboxylic acid groups (broad SMARTS) is 1. The van der Waals surface area contributed by atoms with Gasteiger partial charge in [-0.1, -0.05) is 42.5 Å². The number of aromatic carboxylic acids is 1. The molecule has 1 fully saturated rings. The lowest BCUT2D eigenvalue weighted by molar-refractivity contribution is -0.116. The molecule has 1 aliphatic heterocycles. The molecule has 0 spiro atoms. The molecule has 0 aliphatic carbocycles. The van der Waals surface area contributed by atoms with Crippen LogP contribution in [-0.4, -0.2) is 38.5 Å². The van der Waals surface area contributed by atoms with Gasteiger partial charge in [-0.25, -0.2) is 4.79 Å². The third-order valence-corrected chi connectivity index (χ3v) is 6.53. The molecule has 0 bridgehead atoms. The molecule has 1 aliphatic rings. The van der Waals surface area contributed by atoms with Crippen molar-refractivity contribution in [2.75, 3.05) is 11.9 Å². The van der Waals surface area contributed by atoms with Crippen molar-refractivity contribution in [3.63, 3.8) is 0 Å². The summed E-state index contributed by atoms with van der Waals surface area (Å²) in [6, 6.07) is 24.5. The molecule has 0 unspecified atom stereocenters. The average molecular weight is 513 g/mol. The van der Waals surface area contributed by atoms with Gasteiger partial charge in [0.1, 0.15) is 17.6 Å². The van der Waals surface area contributed by atoms with E-state index in [2.05, 4.69) is 15.6 Å². The number of carbonyl (C=O) groups excluding carboxylic acids is 1. The van der Waals surface area contributed by atoms with E-state index in [9.17, 15) is 14.7 Å². The molecule has 0 radical (unpaired) electrons. The zero-order valence-corrected chi connectivity index (χ0v) is 20.5.